The molecular formula is C18H17N3O3S. The number of esters is 1. The van der Waals surface area contributed by atoms with Crippen LogP contribution in [0.25, 0.3) is 6.08 Å². The number of hydrogen-bond acceptors (Lipinski definition) is 6. The van der Waals surface area contributed by atoms with Crippen LogP contribution in [0.15, 0.2) is 29.2 Å². The molecule has 0 spiro atoms. The first-order chi connectivity index (χ1) is 11.9. The molecule has 0 atom stereocenters. The van der Waals surface area contributed by atoms with E-state index < -0.39 is 5.97 Å². The number of hydrogen-bond donors (Lipinski definition) is 0. The molecule has 2 rings (SSSR count). The molecule has 0 aliphatic carbocycles. The standard InChI is InChI=1S/C18H17N3O3S/c1-11-6-5-7-16(12(11)2)21(13(3)22)18-20-15(10-25-18)8-14(9-19)17(23)24-4/h5-8,10H,1-4H3/b14-8+. The van der Waals surface area contributed by atoms with E-state index >= 15 is 0 Å². The molecule has 1 aromatic heterocycles. The molecule has 0 fully saturated rings. The van der Waals surface area contributed by atoms with E-state index in [0.717, 1.165) is 16.8 Å². The number of anilines is 2. The topological polar surface area (TPSA) is 83.3 Å². The molecule has 0 N–H and O–H groups in total. The highest BCUT2D eigenvalue weighted by Crippen LogP contribution is 2.32. The number of aromatic nitrogens is 1. The molecular weight excluding hydrogens is 338 g/mol. The molecule has 25 heavy (non-hydrogen) atoms. The first kappa shape index (κ1) is 18.4. The predicted molar refractivity (Wildman–Crippen MR) is 96.5 cm³/mol. The molecule has 0 aliphatic rings. The Hall–Kier alpha value is -2.98. The van der Waals surface area contributed by atoms with E-state index in [1.807, 2.05) is 32.0 Å². The van der Waals surface area contributed by atoms with Gasteiger partial charge >= 0.3 is 5.97 Å². The molecule has 1 heterocycles. The third kappa shape index (κ3) is 3.92. The molecule has 0 radical (unpaired) electrons. The van der Waals surface area contributed by atoms with Crippen molar-refractivity contribution in [3.8, 4) is 6.07 Å². The maximum Gasteiger partial charge on any atom is 0.348 e. The molecule has 2 aromatic rings. The van der Waals surface area contributed by atoms with Crippen LogP contribution in [0.5, 0.6) is 0 Å². The van der Waals surface area contributed by atoms with Crippen molar-refractivity contribution in [3.05, 3.63) is 46.0 Å². The fourth-order valence-corrected chi connectivity index (χ4v) is 3.06. The van der Waals surface area contributed by atoms with Crippen molar-refractivity contribution in [3.63, 3.8) is 0 Å². The second-order valence-electron chi connectivity index (χ2n) is 5.29. The van der Waals surface area contributed by atoms with E-state index in [9.17, 15) is 9.59 Å². The Kier molecular flexibility index (Phi) is 5.67. The quantitative estimate of drug-likeness (QED) is 0.476. The number of methoxy groups -OCH3 is 1. The molecule has 0 unspecified atom stereocenters. The highest BCUT2D eigenvalue weighted by molar-refractivity contribution is 7.14. The molecule has 0 aliphatic heterocycles. The number of aryl methyl sites for hydroxylation is 1. The predicted octanol–water partition coefficient (Wildman–Crippen LogP) is 3.52. The van der Waals surface area contributed by atoms with Crippen LogP contribution >= 0.6 is 11.3 Å². The number of benzene rings is 1. The van der Waals surface area contributed by atoms with Gasteiger partial charge in [-0.25, -0.2) is 9.78 Å². The summed E-state index contributed by atoms with van der Waals surface area (Å²) in [4.78, 5) is 29.6. The van der Waals surface area contributed by atoms with Gasteiger partial charge in [-0.05, 0) is 37.1 Å². The molecule has 1 amide bonds. The maximum absolute atomic E-state index is 12.2. The van der Waals surface area contributed by atoms with Crippen molar-refractivity contribution >= 4 is 40.1 Å². The summed E-state index contributed by atoms with van der Waals surface area (Å²) in [5, 5.41) is 11.2. The third-order valence-corrected chi connectivity index (χ3v) is 4.49. The number of nitrogens with zero attached hydrogens (tertiary/aromatic N) is 3. The van der Waals surface area contributed by atoms with Crippen LogP contribution in [-0.2, 0) is 14.3 Å². The van der Waals surface area contributed by atoms with E-state index in [0.29, 0.717) is 10.8 Å². The second-order valence-corrected chi connectivity index (χ2v) is 6.13. The van der Waals surface area contributed by atoms with Crippen LogP contribution in [0.3, 0.4) is 0 Å². The minimum absolute atomic E-state index is 0.152. The first-order valence-corrected chi connectivity index (χ1v) is 8.29. The Morgan fingerprint density at radius 2 is 2.08 bits per heavy atom. The summed E-state index contributed by atoms with van der Waals surface area (Å²) < 4.78 is 4.55. The van der Waals surface area contributed by atoms with Crippen molar-refractivity contribution in [1.29, 1.82) is 5.26 Å². The summed E-state index contributed by atoms with van der Waals surface area (Å²) in [6, 6.07) is 7.50. The van der Waals surface area contributed by atoms with Crippen molar-refractivity contribution in [2.24, 2.45) is 0 Å². The number of amides is 1. The van der Waals surface area contributed by atoms with Gasteiger partial charge in [0, 0.05) is 12.3 Å². The Labute approximate surface area is 150 Å². The number of carbonyl (C=O) groups excluding carboxylic acids is 2. The summed E-state index contributed by atoms with van der Waals surface area (Å²) in [5.74, 6) is -0.901. The van der Waals surface area contributed by atoms with Crippen molar-refractivity contribution in [2.45, 2.75) is 20.8 Å². The van der Waals surface area contributed by atoms with Gasteiger partial charge in [-0.1, -0.05) is 12.1 Å². The lowest BCUT2D eigenvalue weighted by Gasteiger charge is -2.21. The Balaban J connectivity index is 2.46. The maximum atomic E-state index is 12.2. The van der Waals surface area contributed by atoms with Gasteiger partial charge in [-0.3, -0.25) is 9.69 Å². The minimum atomic E-state index is -0.727. The van der Waals surface area contributed by atoms with E-state index in [2.05, 4.69) is 9.72 Å². The second kappa shape index (κ2) is 7.73. The summed E-state index contributed by atoms with van der Waals surface area (Å²) in [6.45, 7) is 5.39. The Bertz CT molecular complexity index is 893. The Morgan fingerprint density at radius 3 is 2.68 bits per heavy atom. The highest BCUT2D eigenvalue weighted by Gasteiger charge is 2.20. The van der Waals surface area contributed by atoms with Crippen molar-refractivity contribution in [2.75, 3.05) is 12.0 Å². The molecule has 128 valence electrons. The summed E-state index contributed by atoms with van der Waals surface area (Å²) in [7, 11) is 1.21. The lowest BCUT2D eigenvalue weighted by atomic mass is 10.1. The summed E-state index contributed by atoms with van der Waals surface area (Å²) in [5.41, 5.74) is 3.07. The van der Waals surface area contributed by atoms with Gasteiger partial charge < -0.3 is 4.74 Å². The van der Waals surface area contributed by atoms with Gasteiger partial charge in [-0.15, -0.1) is 11.3 Å². The van der Waals surface area contributed by atoms with Crippen LogP contribution in [-0.4, -0.2) is 24.0 Å². The monoisotopic (exact) mass is 355 g/mol. The number of carbonyl (C=O) groups is 2. The van der Waals surface area contributed by atoms with Gasteiger partial charge in [0.1, 0.15) is 11.6 Å². The average Bonchev–Trinajstić information content (AvgIpc) is 3.03. The molecule has 0 saturated heterocycles. The average molecular weight is 355 g/mol. The van der Waals surface area contributed by atoms with E-state index in [-0.39, 0.29) is 11.5 Å². The fourth-order valence-electron chi connectivity index (χ4n) is 2.23. The van der Waals surface area contributed by atoms with Gasteiger partial charge in [0.2, 0.25) is 5.91 Å². The molecule has 6 nitrogen and oxygen atoms in total. The lowest BCUT2D eigenvalue weighted by molar-refractivity contribution is -0.135. The summed E-state index contributed by atoms with van der Waals surface area (Å²) >= 11 is 1.26. The van der Waals surface area contributed by atoms with E-state index in [1.54, 1.807) is 11.4 Å². The van der Waals surface area contributed by atoms with E-state index in [4.69, 9.17) is 5.26 Å². The third-order valence-electron chi connectivity index (χ3n) is 3.65. The minimum Gasteiger partial charge on any atom is -0.465 e. The van der Waals surface area contributed by atoms with Gasteiger partial charge in [-0.2, -0.15) is 5.26 Å². The fraction of sp³-hybridized carbons (Fsp3) is 0.222. The first-order valence-electron chi connectivity index (χ1n) is 7.41. The van der Waals surface area contributed by atoms with Crippen LogP contribution in [0.2, 0.25) is 0 Å². The van der Waals surface area contributed by atoms with Gasteiger partial charge in [0.25, 0.3) is 0 Å². The largest absolute Gasteiger partial charge is 0.465 e. The smallest absolute Gasteiger partial charge is 0.348 e. The van der Waals surface area contributed by atoms with Crippen LogP contribution in [0, 0.1) is 25.2 Å². The van der Waals surface area contributed by atoms with Crippen molar-refractivity contribution < 1.29 is 14.3 Å². The highest BCUT2D eigenvalue weighted by atomic mass is 32.1. The number of ether oxygens (including phenoxy) is 1. The lowest BCUT2D eigenvalue weighted by Crippen LogP contribution is -2.23. The number of nitriles is 1. The number of rotatable bonds is 4. The van der Waals surface area contributed by atoms with Crippen molar-refractivity contribution in [1.82, 2.24) is 4.98 Å². The van der Waals surface area contributed by atoms with E-state index in [1.165, 1.54) is 36.3 Å². The normalized spacial score (nSPS) is 10.9. The van der Waals surface area contributed by atoms with Gasteiger partial charge in [0.05, 0.1) is 18.5 Å². The Morgan fingerprint density at radius 1 is 1.36 bits per heavy atom. The molecule has 0 saturated carbocycles. The molecule has 1 aromatic carbocycles. The van der Waals surface area contributed by atoms with Crippen LogP contribution in [0.1, 0.15) is 23.7 Å². The zero-order valence-corrected chi connectivity index (χ0v) is 15.2. The summed E-state index contributed by atoms with van der Waals surface area (Å²) in [6.07, 6.45) is 1.34. The van der Waals surface area contributed by atoms with Crippen LogP contribution in [0.4, 0.5) is 10.8 Å². The molecule has 7 heteroatoms. The van der Waals surface area contributed by atoms with Crippen LogP contribution < -0.4 is 4.90 Å². The number of thiazole rings is 1. The zero-order valence-electron chi connectivity index (χ0n) is 14.4. The zero-order chi connectivity index (χ0) is 18.6. The van der Waals surface area contributed by atoms with Gasteiger partial charge in [0.15, 0.2) is 5.13 Å². The molecule has 0 bridgehead atoms. The SMILES string of the molecule is COC(=O)/C(C#N)=C/c1csc(N(C(C)=O)c2cccc(C)c2C)n1.